The fraction of sp³-hybridized carbons (Fsp3) is 0.481. The van der Waals surface area contributed by atoms with Crippen LogP contribution in [0, 0.1) is 5.92 Å². The third-order valence-corrected chi connectivity index (χ3v) is 7.33. The lowest BCUT2D eigenvalue weighted by molar-refractivity contribution is -0.119. The maximum absolute atomic E-state index is 14.8. The molecule has 2 aliphatic heterocycles. The highest BCUT2D eigenvalue weighted by Crippen LogP contribution is 2.40. The molecule has 7 nitrogen and oxygen atoms in total. The number of anilines is 1. The Balaban J connectivity index is 1.53. The molecule has 0 bridgehead atoms. The summed E-state index contributed by atoms with van der Waals surface area (Å²) in [5.41, 5.74) is 2.79. The molecule has 1 amide bonds. The van der Waals surface area contributed by atoms with Crippen molar-refractivity contribution in [3.05, 3.63) is 42.1 Å². The first-order chi connectivity index (χ1) is 17.1. The van der Waals surface area contributed by atoms with E-state index in [0.717, 1.165) is 36.5 Å². The number of piperazine rings is 1. The van der Waals surface area contributed by atoms with Gasteiger partial charge >= 0.3 is 0 Å². The molecule has 9 heteroatoms. The minimum Gasteiger partial charge on any atom is -0.490 e. The highest BCUT2D eigenvalue weighted by atomic mass is 19.3. The second-order valence-corrected chi connectivity index (χ2v) is 10.2. The van der Waals surface area contributed by atoms with Crippen LogP contribution in [0.4, 0.5) is 14.5 Å². The lowest BCUT2D eigenvalue weighted by Gasteiger charge is -2.36. The third-order valence-electron chi connectivity index (χ3n) is 7.33. The average molecular weight is 498 g/mol. The highest BCUT2D eigenvalue weighted by molar-refractivity contribution is 5.90. The van der Waals surface area contributed by atoms with Crippen LogP contribution in [-0.4, -0.2) is 66.5 Å². The number of aryl methyl sites for hydroxylation is 1. The van der Waals surface area contributed by atoms with Crippen molar-refractivity contribution < 1.29 is 18.3 Å². The molecule has 2 fully saturated rings. The van der Waals surface area contributed by atoms with Crippen molar-refractivity contribution in [2.75, 3.05) is 44.7 Å². The van der Waals surface area contributed by atoms with Crippen molar-refractivity contribution in [3.8, 4) is 16.9 Å². The van der Waals surface area contributed by atoms with Gasteiger partial charge in [0.15, 0.2) is 0 Å². The van der Waals surface area contributed by atoms with E-state index in [1.54, 1.807) is 10.7 Å². The zero-order valence-electron chi connectivity index (χ0n) is 21.2. The fourth-order valence-electron chi connectivity index (χ4n) is 5.12. The van der Waals surface area contributed by atoms with Gasteiger partial charge in [-0.2, -0.15) is 5.10 Å². The van der Waals surface area contributed by atoms with Gasteiger partial charge in [0.1, 0.15) is 11.9 Å². The van der Waals surface area contributed by atoms with E-state index in [2.05, 4.69) is 15.3 Å². The number of likely N-dealkylation sites (N-methyl/N-ethyl adjacent to an activating group) is 1. The highest BCUT2D eigenvalue weighted by Gasteiger charge is 2.32. The normalized spacial score (nSPS) is 20.1. The number of alkyl halides is 2. The number of hydrogen-bond donors (Lipinski definition) is 1. The van der Waals surface area contributed by atoms with Crippen LogP contribution >= 0.6 is 0 Å². The van der Waals surface area contributed by atoms with Crippen LogP contribution in [-0.2, 0) is 17.8 Å². The number of rotatable bonds is 6. The fourth-order valence-corrected chi connectivity index (χ4v) is 5.12. The largest absolute Gasteiger partial charge is 0.490 e. The molecule has 192 valence electrons. The number of amides is 1. The van der Waals surface area contributed by atoms with Gasteiger partial charge in [0, 0.05) is 76.5 Å². The first-order valence-corrected chi connectivity index (χ1v) is 12.5. The Morgan fingerprint density at radius 2 is 1.86 bits per heavy atom. The summed E-state index contributed by atoms with van der Waals surface area (Å²) < 4.78 is 37.8. The molecule has 0 unspecified atom stereocenters. The smallest absolute Gasteiger partial charge is 0.272 e. The molecule has 5 rings (SSSR count). The van der Waals surface area contributed by atoms with Crippen molar-refractivity contribution in [3.63, 3.8) is 0 Å². The maximum Gasteiger partial charge on any atom is 0.272 e. The van der Waals surface area contributed by atoms with Gasteiger partial charge in [-0.15, -0.1) is 0 Å². The second-order valence-electron chi connectivity index (χ2n) is 10.2. The van der Waals surface area contributed by atoms with Crippen LogP contribution in [0.2, 0.25) is 0 Å². The van der Waals surface area contributed by atoms with Crippen LogP contribution in [0.1, 0.15) is 25.8 Å². The Hall–Kier alpha value is -3.20. The first kappa shape index (κ1) is 24.5. The monoisotopic (exact) mass is 497 g/mol. The Labute approximate surface area is 210 Å². The Morgan fingerprint density at radius 3 is 2.53 bits per heavy atom. The number of hydrogen-bond acceptors (Lipinski definition) is 5. The van der Waals surface area contributed by atoms with Gasteiger partial charge in [-0.05, 0) is 49.4 Å². The molecule has 1 aromatic heterocycles. The standard InChI is InChI=1S/C27H33F2N5O2/c1-17(20-14-26(35)30-15-20)36-25-13-19(12-23-21(25)16-33(4)31-23)18-5-6-24(22(11-18)27(2,28)29)34-9-7-32(3)8-10-34/h5-6,11-13,16-17,20H,7-10,14-15H2,1-4H3,(H,30,35)/t17-,20-/m1/s1. The summed E-state index contributed by atoms with van der Waals surface area (Å²) in [6, 6.07) is 9.13. The lowest BCUT2D eigenvalue weighted by Crippen LogP contribution is -2.45. The molecule has 2 aliphatic rings. The minimum atomic E-state index is -2.99. The number of nitrogens with one attached hydrogen (secondary N) is 1. The quantitative estimate of drug-likeness (QED) is 0.558. The van der Waals surface area contributed by atoms with Crippen LogP contribution < -0.4 is 15.0 Å². The number of halogens is 2. The van der Waals surface area contributed by atoms with Gasteiger partial charge in [0.05, 0.1) is 10.9 Å². The van der Waals surface area contributed by atoms with Crippen LogP contribution in [0.25, 0.3) is 22.0 Å². The summed E-state index contributed by atoms with van der Waals surface area (Å²) in [6.07, 6.45) is 2.12. The molecular formula is C27H33F2N5O2. The van der Waals surface area contributed by atoms with Gasteiger partial charge in [-0.1, -0.05) is 6.07 Å². The van der Waals surface area contributed by atoms with Crippen molar-refractivity contribution in [1.29, 1.82) is 0 Å². The Bertz CT molecular complexity index is 1280. The zero-order valence-corrected chi connectivity index (χ0v) is 21.2. The molecule has 1 N–H and O–H groups in total. The maximum atomic E-state index is 14.8. The molecule has 3 heterocycles. The van der Waals surface area contributed by atoms with Crippen molar-refractivity contribution in [2.45, 2.75) is 32.3 Å². The summed E-state index contributed by atoms with van der Waals surface area (Å²) in [4.78, 5) is 15.9. The van der Waals surface area contributed by atoms with Gasteiger partial charge in [0.25, 0.3) is 5.92 Å². The minimum absolute atomic E-state index is 0.0250. The molecule has 2 aromatic carbocycles. The van der Waals surface area contributed by atoms with E-state index in [0.29, 0.717) is 43.1 Å². The first-order valence-electron chi connectivity index (χ1n) is 12.5. The van der Waals surface area contributed by atoms with Gasteiger partial charge in [-0.3, -0.25) is 9.48 Å². The van der Waals surface area contributed by atoms with Crippen molar-refractivity contribution in [2.24, 2.45) is 13.0 Å². The summed E-state index contributed by atoms with van der Waals surface area (Å²) >= 11 is 0. The summed E-state index contributed by atoms with van der Waals surface area (Å²) in [6.45, 7) is 6.61. The van der Waals surface area contributed by atoms with E-state index in [9.17, 15) is 13.6 Å². The number of nitrogens with zero attached hydrogens (tertiary/aromatic N) is 4. The van der Waals surface area contributed by atoms with E-state index >= 15 is 0 Å². The Kier molecular flexibility index (Phi) is 6.36. The van der Waals surface area contributed by atoms with Gasteiger partial charge < -0.3 is 19.9 Å². The number of aromatic nitrogens is 2. The van der Waals surface area contributed by atoms with E-state index in [1.807, 2.05) is 56.4 Å². The van der Waals surface area contributed by atoms with E-state index < -0.39 is 5.92 Å². The van der Waals surface area contributed by atoms with E-state index in [1.165, 1.54) is 0 Å². The third kappa shape index (κ3) is 4.89. The summed E-state index contributed by atoms with van der Waals surface area (Å²) in [7, 11) is 3.89. The van der Waals surface area contributed by atoms with Gasteiger partial charge in [-0.25, -0.2) is 8.78 Å². The van der Waals surface area contributed by atoms with E-state index in [4.69, 9.17) is 4.74 Å². The molecule has 0 spiro atoms. The number of benzene rings is 2. The Morgan fingerprint density at radius 1 is 1.11 bits per heavy atom. The van der Waals surface area contributed by atoms with Crippen LogP contribution in [0.5, 0.6) is 5.75 Å². The molecular weight excluding hydrogens is 464 g/mol. The topological polar surface area (TPSA) is 62.6 Å². The molecule has 2 saturated heterocycles. The predicted molar refractivity (Wildman–Crippen MR) is 137 cm³/mol. The predicted octanol–water partition coefficient (Wildman–Crippen LogP) is 4.01. The summed E-state index contributed by atoms with van der Waals surface area (Å²) in [5.74, 6) is -2.25. The second kappa shape index (κ2) is 9.35. The molecule has 0 radical (unpaired) electrons. The molecule has 36 heavy (non-hydrogen) atoms. The molecule has 3 aromatic rings. The number of ether oxygens (including phenoxy) is 1. The number of fused-ring (bicyclic) bond motifs is 1. The number of carbonyl (C=O) groups excluding carboxylic acids is 1. The van der Waals surface area contributed by atoms with Crippen LogP contribution in [0.15, 0.2) is 36.5 Å². The molecule has 0 saturated carbocycles. The van der Waals surface area contributed by atoms with Crippen molar-refractivity contribution in [1.82, 2.24) is 20.0 Å². The zero-order chi connectivity index (χ0) is 25.6. The van der Waals surface area contributed by atoms with Crippen LogP contribution in [0.3, 0.4) is 0 Å². The number of carbonyl (C=O) groups is 1. The lowest BCUT2D eigenvalue weighted by atomic mass is 9.97. The van der Waals surface area contributed by atoms with Gasteiger partial charge in [0.2, 0.25) is 5.91 Å². The van der Waals surface area contributed by atoms with E-state index in [-0.39, 0.29) is 23.5 Å². The molecule has 2 atom stereocenters. The van der Waals surface area contributed by atoms with Crippen molar-refractivity contribution >= 4 is 22.5 Å². The average Bonchev–Trinajstić information content (AvgIpc) is 3.43. The SMILES string of the molecule is C[C@@H](Oc1cc(-c2ccc(N3CCN(C)CC3)c(C(C)(F)F)c2)cc2nn(C)cc12)[C@H]1CNC(=O)C1. The summed E-state index contributed by atoms with van der Waals surface area (Å²) in [5, 5.41) is 8.26. The molecule has 0 aliphatic carbocycles.